The lowest BCUT2D eigenvalue weighted by Crippen LogP contribution is -2.32. The summed E-state index contributed by atoms with van der Waals surface area (Å²) in [7, 11) is 0. The van der Waals surface area contributed by atoms with Gasteiger partial charge in [-0.25, -0.2) is 0 Å². The van der Waals surface area contributed by atoms with E-state index in [4.69, 9.17) is 11.0 Å². The normalized spacial score (nSPS) is 26.4. The largest absolute Gasteiger partial charge is 0.386 e. The molecule has 0 fully saturated rings. The van der Waals surface area contributed by atoms with Crippen LogP contribution in [0.3, 0.4) is 0 Å². The highest BCUT2D eigenvalue weighted by molar-refractivity contribution is 5.90. The van der Waals surface area contributed by atoms with Gasteiger partial charge in [0.1, 0.15) is 11.3 Å². The zero-order valence-electron chi connectivity index (χ0n) is 8.66. The SMILES string of the molecule is CC/C=C/CCC1(C#N)CCN=C1N. The van der Waals surface area contributed by atoms with Crippen LogP contribution in [0.1, 0.15) is 32.6 Å². The Hall–Kier alpha value is -1.30. The van der Waals surface area contributed by atoms with Crippen LogP contribution in [-0.2, 0) is 0 Å². The first-order valence-electron chi connectivity index (χ1n) is 5.12. The minimum atomic E-state index is -0.474. The number of aliphatic imine (C=N–C) groups is 1. The summed E-state index contributed by atoms with van der Waals surface area (Å²) in [5.41, 5.74) is 5.27. The average molecular weight is 191 g/mol. The summed E-state index contributed by atoms with van der Waals surface area (Å²) in [6.45, 7) is 2.80. The number of nitrogens with two attached hydrogens (primary N) is 1. The molecule has 0 aliphatic carbocycles. The van der Waals surface area contributed by atoms with Crippen LogP contribution in [0.25, 0.3) is 0 Å². The lowest BCUT2D eigenvalue weighted by atomic mass is 9.82. The Morgan fingerprint density at radius 1 is 1.64 bits per heavy atom. The van der Waals surface area contributed by atoms with Crippen molar-refractivity contribution >= 4 is 5.84 Å². The number of hydrogen-bond donors (Lipinski definition) is 1. The zero-order chi connectivity index (χ0) is 10.4. The minimum Gasteiger partial charge on any atom is -0.386 e. The molecule has 0 aromatic rings. The van der Waals surface area contributed by atoms with E-state index in [0.29, 0.717) is 12.4 Å². The molecule has 14 heavy (non-hydrogen) atoms. The van der Waals surface area contributed by atoms with E-state index < -0.39 is 5.41 Å². The molecule has 3 heteroatoms. The summed E-state index contributed by atoms with van der Waals surface area (Å²) >= 11 is 0. The molecule has 0 radical (unpaired) electrons. The first-order valence-corrected chi connectivity index (χ1v) is 5.12. The van der Waals surface area contributed by atoms with E-state index in [1.807, 2.05) is 0 Å². The quantitative estimate of drug-likeness (QED) is 0.691. The fourth-order valence-corrected chi connectivity index (χ4v) is 1.68. The highest BCUT2D eigenvalue weighted by Crippen LogP contribution is 2.32. The molecule has 0 saturated heterocycles. The molecular formula is C11H17N3. The predicted octanol–water partition coefficient (Wildman–Crippen LogP) is 2.00. The number of hydrogen-bond acceptors (Lipinski definition) is 3. The van der Waals surface area contributed by atoms with Gasteiger partial charge in [0.15, 0.2) is 0 Å². The van der Waals surface area contributed by atoms with Crippen LogP contribution < -0.4 is 5.73 Å². The van der Waals surface area contributed by atoms with Crippen molar-refractivity contribution in [3.05, 3.63) is 12.2 Å². The fraction of sp³-hybridized carbons (Fsp3) is 0.636. The van der Waals surface area contributed by atoms with Gasteiger partial charge in [0, 0.05) is 6.54 Å². The van der Waals surface area contributed by atoms with E-state index in [9.17, 15) is 0 Å². The number of nitrogens with zero attached hydrogens (tertiary/aromatic N) is 2. The highest BCUT2D eigenvalue weighted by atomic mass is 14.9. The van der Waals surface area contributed by atoms with Crippen molar-refractivity contribution in [2.24, 2.45) is 16.1 Å². The molecule has 76 valence electrons. The highest BCUT2D eigenvalue weighted by Gasteiger charge is 2.36. The average Bonchev–Trinajstić information content (AvgIpc) is 2.56. The van der Waals surface area contributed by atoms with Crippen LogP contribution in [0.5, 0.6) is 0 Å². The molecule has 1 aliphatic rings. The standard InChI is InChI=1S/C11H17N3/c1-2-3-4-5-6-11(9-12)7-8-14-10(11)13/h3-4H,2,5-8H2,1H3,(H2,13,14)/b4-3+. The Balaban J connectivity index is 2.52. The molecule has 0 spiro atoms. The molecule has 1 heterocycles. The molecule has 2 N–H and O–H groups in total. The third-order valence-electron chi connectivity index (χ3n) is 2.67. The van der Waals surface area contributed by atoms with Gasteiger partial charge in [0.05, 0.1) is 6.07 Å². The Kier molecular flexibility index (Phi) is 3.70. The Labute approximate surface area is 85.3 Å². The van der Waals surface area contributed by atoms with Gasteiger partial charge in [-0.2, -0.15) is 5.26 Å². The molecule has 1 rings (SSSR count). The van der Waals surface area contributed by atoms with Gasteiger partial charge < -0.3 is 5.73 Å². The zero-order valence-corrected chi connectivity index (χ0v) is 8.66. The van der Waals surface area contributed by atoms with Crippen molar-refractivity contribution in [2.75, 3.05) is 6.54 Å². The molecular weight excluding hydrogens is 174 g/mol. The van der Waals surface area contributed by atoms with Crippen molar-refractivity contribution in [2.45, 2.75) is 32.6 Å². The van der Waals surface area contributed by atoms with Crippen LogP contribution >= 0.6 is 0 Å². The molecule has 3 nitrogen and oxygen atoms in total. The van der Waals surface area contributed by atoms with Gasteiger partial charge in [-0.15, -0.1) is 0 Å². The monoisotopic (exact) mass is 191 g/mol. The third-order valence-corrected chi connectivity index (χ3v) is 2.67. The van der Waals surface area contributed by atoms with Crippen molar-refractivity contribution in [1.29, 1.82) is 5.26 Å². The number of amidine groups is 1. The Morgan fingerprint density at radius 2 is 2.43 bits per heavy atom. The van der Waals surface area contributed by atoms with E-state index in [2.05, 4.69) is 30.1 Å². The van der Waals surface area contributed by atoms with E-state index in [0.717, 1.165) is 25.7 Å². The van der Waals surface area contributed by atoms with Crippen molar-refractivity contribution in [1.82, 2.24) is 0 Å². The molecule has 0 saturated carbocycles. The number of nitriles is 1. The molecule has 1 unspecified atom stereocenters. The summed E-state index contributed by atoms with van der Waals surface area (Å²) in [6.07, 6.45) is 7.78. The maximum absolute atomic E-state index is 9.11. The van der Waals surface area contributed by atoms with Gasteiger partial charge in [-0.05, 0) is 25.7 Å². The summed E-state index contributed by atoms with van der Waals surface area (Å²) in [5, 5.41) is 9.11. The predicted molar refractivity (Wildman–Crippen MR) is 57.8 cm³/mol. The van der Waals surface area contributed by atoms with Crippen LogP contribution in [0, 0.1) is 16.7 Å². The first kappa shape index (κ1) is 10.8. The van der Waals surface area contributed by atoms with Gasteiger partial charge in [0.25, 0.3) is 0 Å². The molecule has 0 aromatic heterocycles. The first-order chi connectivity index (χ1) is 6.75. The Bertz CT molecular complexity index is 285. The van der Waals surface area contributed by atoms with E-state index >= 15 is 0 Å². The van der Waals surface area contributed by atoms with Crippen molar-refractivity contribution in [3.63, 3.8) is 0 Å². The van der Waals surface area contributed by atoms with E-state index in [1.54, 1.807) is 0 Å². The topological polar surface area (TPSA) is 62.2 Å². The van der Waals surface area contributed by atoms with Crippen LogP contribution in [-0.4, -0.2) is 12.4 Å². The summed E-state index contributed by atoms with van der Waals surface area (Å²) in [6, 6.07) is 2.31. The van der Waals surface area contributed by atoms with Crippen LogP contribution in [0.4, 0.5) is 0 Å². The number of allylic oxidation sites excluding steroid dienone is 2. The third kappa shape index (κ3) is 2.14. The molecule has 0 aromatic carbocycles. The van der Waals surface area contributed by atoms with E-state index in [-0.39, 0.29) is 0 Å². The van der Waals surface area contributed by atoms with Gasteiger partial charge in [0.2, 0.25) is 0 Å². The molecule has 1 atom stereocenters. The van der Waals surface area contributed by atoms with E-state index in [1.165, 1.54) is 0 Å². The second kappa shape index (κ2) is 4.80. The molecule has 0 bridgehead atoms. The smallest absolute Gasteiger partial charge is 0.116 e. The minimum absolute atomic E-state index is 0.474. The van der Waals surface area contributed by atoms with Crippen molar-refractivity contribution in [3.8, 4) is 6.07 Å². The lowest BCUT2D eigenvalue weighted by Gasteiger charge is -2.18. The fourth-order valence-electron chi connectivity index (χ4n) is 1.68. The lowest BCUT2D eigenvalue weighted by molar-refractivity contribution is 0.498. The van der Waals surface area contributed by atoms with Crippen LogP contribution in [0.15, 0.2) is 17.1 Å². The van der Waals surface area contributed by atoms with Gasteiger partial charge >= 0.3 is 0 Å². The second-order valence-electron chi connectivity index (χ2n) is 3.63. The molecule has 1 aliphatic heterocycles. The summed E-state index contributed by atoms with van der Waals surface area (Å²) < 4.78 is 0. The summed E-state index contributed by atoms with van der Waals surface area (Å²) in [5.74, 6) is 0.532. The van der Waals surface area contributed by atoms with Crippen molar-refractivity contribution < 1.29 is 0 Å². The maximum atomic E-state index is 9.11. The van der Waals surface area contributed by atoms with Gasteiger partial charge in [-0.1, -0.05) is 19.1 Å². The Morgan fingerprint density at radius 3 is 2.93 bits per heavy atom. The molecule has 0 amide bonds. The van der Waals surface area contributed by atoms with Gasteiger partial charge in [-0.3, -0.25) is 4.99 Å². The maximum Gasteiger partial charge on any atom is 0.116 e. The van der Waals surface area contributed by atoms with Crippen LogP contribution in [0.2, 0.25) is 0 Å². The second-order valence-corrected chi connectivity index (χ2v) is 3.63. The summed E-state index contributed by atoms with van der Waals surface area (Å²) in [4.78, 5) is 4.11. The number of rotatable bonds is 4.